The third kappa shape index (κ3) is 2.62. The fourth-order valence-corrected chi connectivity index (χ4v) is 2.15. The fourth-order valence-electron chi connectivity index (χ4n) is 1.80. The lowest BCUT2D eigenvalue weighted by molar-refractivity contribution is 0.394. The molecule has 16 heavy (non-hydrogen) atoms. The number of likely N-dealkylation sites (tertiary alicyclic amines) is 1. The van der Waals surface area contributed by atoms with Crippen LogP contribution in [0.25, 0.3) is 0 Å². The van der Waals surface area contributed by atoms with Gasteiger partial charge in [-0.05, 0) is 35.9 Å². The van der Waals surface area contributed by atoms with E-state index in [-0.39, 0.29) is 0 Å². The van der Waals surface area contributed by atoms with Crippen molar-refractivity contribution in [2.75, 3.05) is 32.6 Å². The van der Waals surface area contributed by atoms with Crippen LogP contribution in [0.4, 0.5) is 5.95 Å². The Morgan fingerprint density at radius 2 is 2.44 bits per heavy atom. The first-order chi connectivity index (χ1) is 7.69. The maximum Gasteiger partial charge on any atom is 0.232 e. The van der Waals surface area contributed by atoms with Crippen LogP contribution in [0.3, 0.4) is 0 Å². The Balaban J connectivity index is 2.04. The Labute approximate surface area is 103 Å². The van der Waals surface area contributed by atoms with Crippen molar-refractivity contribution in [2.45, 2.75) is 12.5 Å². The molecule has 1 N–H and O–H groups in total. The number of rotatable bonds is 3. The zero-order chi connectivity index (χ0) is 11.5. The highest BCUT2D eigenvalue weighted by Crippen LogP contribution is 2.22. The number of likely N-dealkylation sites (N-methyl/N-ethyl adjacent to an activating group) is 1. The van der Waals surface area contributed by atoms with Gasteiger partial charge in [-0.15, -0.1) is 0 Å². The molecule has 2 rings (SSSR count). The molecular weight excluding hydrogens is 272 g/mol. The molecule has 1 aromatic heterocycles. The highest BCUT2D eigenvalue weighted by atomic mass is 79.9. The predicted molar refractivity (Wildman–Crippen MR) is 65.8 cm³/mol. The summed E-state index contributed by atoms with van der Waals surface area (Å²) in [6.07, 6.45) is 2.82. The largest absolute Gasteiger partial charge is 0.480 e. The van der Waals surface area contributed by atoms with Crippen molar-refractivity contribution in [3.63, 3.8) is 0 Å². The summed E-state index contributed by atoms with van der Waals surface area (Å²) in [6.45, 7) is 2.15. The molecule has 0 amide bonds. The number of hydrogen-bond acceptors (Lipinski definition) is 5. The summed E-state index contributed by atoms with van der Waals surface area (Å²) >= 11 is 3.33. The van der Waals surface area contributed by atoms with Gasteiger partial charge in [0, 0.05) is 12.6 Å². The van der Waals surface area contributed by atoms with Crippen molar-refractivity contribution in [1.82, 2.24) is 14.9 Å². The molecule has 0 aromatic carbocycles. The molecule has 5 nitrogen and oxygen atoms in total. The summed E-state index contributed by atoms with van der Waals surface area (Å²) < 4.78 is 5.89. The Bertz CT molecular complexity index is 374. The molecule has 1 fully saturated rings. The van der Waals surface area contributed by atoms with Crippen molar-refractivity contribution in [3.8, 4) is 5.88 Å². The lowest BCUT2D eigenvalue weighted by atomic mass is 10.3. The molecule has 1 saturated heterocycles. The van der Waals surface area contributed by atoms with Crippen LogP contribution < -0.4 is 10.1 Å². The second-order valence-electron chi connectivity index (χ2n) is 3.94. The van der Waals surface area contributed by atoms with Gasteiger partial charge < -0.3 is 15.0 Å². The zero-order valence-electron chi connectivity index (χ0n) is 9.40. The molecule has 1 atom stereocenters. The normalized spacial score (nSPS) is 21.1. The minimum atomic E-state index is 0.427. The van der Waals surface area contributed by atoms with Crippen LogP contribution in [-0.2, 0) is 0 Å². The summed E-state index contributed by atoms with van der Waals surface area (Å²) in [5.74, 6) is 1.18. The van der Waals surface area contributed by atoms with E-state index < -0.39 is 0 Å². The van der Waals surface area contributed by atoms with Gasteiger partial charge in [-0.1, -0.05) is 0 Å². The van der Waals surface area contributed by atoms with E-state index in [9.17, 15) is 0 Å². The number of nitrogens with zero attached hydrogens (tertiary/aromatic N) is 3. The third-order valence-electron chi connectivity index (χ3n) is 2.63. The lowest BCUT2D eigenvalue weighted by Crippen LogP contribution is -2.24. The number of nitrogens with one attached hydrogen (secondary N) is 1. The van der Waals surface area contributed by atoms with Crippen LogP contribution in [0.1, 0.15) is 6.42 Å². The first kappa shape index (κ1) is 11.6. The van der Waals surface area contributed by atoms with E-state index in [1.807, 2.05) is 0 Å². The molecule has 0 bridgehead atoms. The van der Waals surface area contributed by atoms with Gasteiger partial charge in [0.05, 0.1) is 17.8 Å². The van der Waals surface area contributed by atoms with Gasteiger partial charge in [0.15, 0.2) is 0 Å². The molecule has 2 heterocycles. The van der Waals surface area contributed by atoms with Gasteiger partial charge in [0.2, 0.25) is 11.8 Å². The van der Waals surface area contributed by atoms with Crippen molar-refractivity contribution in [2.24, 2.45) is 0 Å². The number of anilines is 1. The Morgan fingerprint density at radius 1 is 1.62 bits per heavy atom. The van der Waals surface area contributed by atoms with Crippen LogP contribution in [0.15, 0.2) is 10.7 Å². The standard InChI is InChI=1S/C10H15BrN4O/c1-15-4-3-7(6-15)13-10-12-5-8(11)9(14-10)16-2/h5,7H,3-4,6H2,1-2H3,(H,12,13,14). The molecule has 6 heteroatoms. The third-order valence-corrected chi connectivity index (χ3v) is 3.17. The second-order valence-corrected chi connectivity index (χ2v) is 4.80. The van der Waals surface area contributed by atoms with E-state index in [2.05, 4.69) is 43.2 Å². The molecular formula is C10H15BrN4O. The Morgan fingerprint density at radius 3 is 3.06 bits per heavy atom. The maximum absolute atomic E-state index is 5.12. The SMILES string of the molecule is COc1nc(NC2CCN(C)C2)ncc1Br. The topological polar surface area (TPSA) is 50.3 Å². The quantitative estimate of drug-likeness (QED) is 0.909. The average molecular weight is 287 g/mol. The highest BCUT2D eigenvalue weighted by molar-refractivity contribution is 9.10. The highest BCUT2D eigenvalue weighted by Gasteiger charge is 2.20. The monoisotopic (exact) mass is 286 g/mol. The molecule has 1 unspecified atom stereocenters. The van der Waals surface area contributed by atoms with Crippen LogP contribution in [0.5, 0.6) is 5.88 Å². The van der Waals surface area contributed by atoms with Crippen molar-refractivity contribution in [3.05, 3.63) is 10.7 Å². The molecule has 0 radical (unpaired) electrons. The lowest BCUT2D eigenvalue weighted by Gasteiger charge is -2.13. The van der Waals surface area contributed by atoms with E-state index in [0.717, 1.165) is 24.0 Å². The number of aromatic nitrogens is 2. The van der Waals surface area contributed by atoms with Gasteiger partial charge >= 0.3 is 0 Å². The summed E-state index contributed by atoms with van der Waals surface area (Å²) in [5.41, 5.74) is 0. The van der Waals surface area contributed by atoms with Crippen LogP contribution in [-0.4, -0.2) is 48.2 Å². The summed E-state index contributed by atoms with van der Waals surface area (Å²) in [4.78, 5) is 10.8. The van der Waals surface area contributed by atoms with Crippen molar-refractivity contribution < 1.29 is 4.74 Å². The molecule has 1 aromatic rings. The average Bonchev–Trinajstić information content (AvgIpc) is 2.67. The van der Waals surface area contributed by atoms with Crippen LogP contribution in [0.2, 0.25) is 0 Å². The second kappa shape index (κ2) is 4.97. The minimum Gasteiger partial charge on any atom is -0.480 e. The maximum atomic E-state index is 5.12. The van der Waals surface area contributed by atoms with E-state index in [1.165, 1.54) is 0 Å². The van der Waals surface area contributed by atoms with Gasteiger partial charge in [-0.2, -0.15) is 4.98 Å². The summed E-state index contributed by atoms with van der Waals surface area (Å²) in [5, 5.41) is 3.31. The summed E-state index contributed by atoms with van der Waals surface area (Å²) in [6, 6.07) is 0.427. The Hall–Kier alpha value is -0.880. The van der Waals surface area contributed by atoms with Gasteiger partial charge in [0.1, 0.15) is 0 Å². The molecule has 0 aliphatic carbocycles. The fraction of sp³-hybridized carbons (Fsp3) is 0.600. The van der Waals surface area contributed by atoms with Crippen LogP contribution >= 0.6 is 15.9 Å². The van der Waals surface area contributed by atoms with E-state index in [0.29, 0.717) is 17.9 Å². The Kier molecular flexibility index (Phi) is 3.60. The zero-order valence-corrected chi connectivity index (χ0v) is 11.0. The van der Waals surface area contributed by atoms with Gasteiger partial charge in [-0.3, -0.25) is 0 Å². The van der Waals surface area contributed by atoms with Gasteiger partial charge in [0.25, 0.3) is 0 Å². The molecule has 1 aliphatic rings. The number of halogens is 1. The number of methoxy groups -OCH3 is 1. The van der Waals surface area contributed by atoms with E-state index >= 15 is 0 Å². The first-order valence-corrected chi connectivity index (χ1v) is 6.00. The van der Waals surface area contributed by atoms with Crippen molar-refractivity contribution >= 4 is 21.9 Å². The number of ether oxygens (including phenoxy) is 1. The molecule has 88 valence electrons. The predicted octanol–water partition coefficient (Wildman–Crippen LogP) is 1.36. The smallest absolute Gasteiger partial charge is 0.232 e. The summed E-state index contributed by atoms with van der Waals surface area (Å²) in [7, 11) is 3.71. The molecule has 0 saturated carbocycles. The number of hydrogen-bond donors (Lipinski definition) is 1. The van der Waals surface area contributed by atoms with Crippen molar-refractivity contribution in [1.29, 1.82) is 0 Å². The minimum absolute atomic E-state index is 0.427. The van der Waals surface area contributed by atoms with E-state index in [1.54, 1.807) is 13.3 Å². The molecule has 1 aliphatic heterocycles. The van der Waals surface area contributed by atoms with Gasteiger partial charge in [-0.25, -0.2) is 4.98 Å². The van der Waals surface area contributed by atoms with E-state index in [4.69, 9.17) is 4.74 Å². The first-order valence-electron chi connectivity index (χ1n) is 5.20. The van der Waals surface area contributed by atoms with Crippen LogP contribution in [0, 0.1) is 0 Å². The molecule has 0 spiro atoms.